The van der Waals surface area contributed by atoms with E-state index < -0.39 is 11.4 Å². The van der Waals surface area contributed by atoms with Gasteiger partial charge in [-0.2, -0.15) is 0 Å². The molecule has 0 aliphatic heterocycles. The summed E-state index contributed by atoms with van der Waals surface area (Å²) in [6, 6.07) is 4.00. The van der Waals surface area contributed by atoms with Crippen LogP contribution in [-0.4, -0.2) is 22.2 Å². The Labute approximate surface area is 109 Å². The molecule has 102 valence electrons. The van der Waals surface area contributed by atoms with Gasteiger partial charge in [-0.15, -0.1) is 0 Å². The van der Waals surface area contributed by atoms with Crippen molar-refractivity contribution in [3.05, 3.63) is 24.0 Å². The van der Waals surface area contributed by atoms with Crippen LogP contribution < -0.4 is 5.32 Å². The highest BCUT2D eigenvalue weighted by Crippen LogP contribution is 2.19. The lowest BCUT2D eigenvalue weighted by Gasteiger charge is -2.21. The van der Waals surface area contributed by atoms with Crippen LogP contribution in [0.25, 0.3) is 0 Å². The number of hydrogen-bond acceptors (Lipinski definition) is 2. The van der Waals surface area contributed by atoms with E-state index in [-0.39, 0.29) is 0 Å². The zero-order valence-corrected chi connectivity index (χ0v) is 11.7. The number of aliphatic carboxylic acids is 1. The molecule has 0 saturated heterocycles. The van der Waals surface area contributed by atoms with Gasteiger partial charge in [-0.1, -0.05) is 13.8 Å². The molecule has 0 radical (unpaired) electrons. The molecule has 0 spiro atoms. The first kappa shape index (κ1) is 14.8. The van der Waals surface area contributed by atoms with Gasteiger partial charge in [-0.3, -0.25) is 4.79 Å². The summed E-state index contributed by atoms with van der Waals surface area (Å²) in [5.41, 5.74) is 0.385. The zero-order valence-electron chi connectivity index (χ0n) is 11.7. The predicted octanol–water partition coefficient (Wildman–Crippen LogP) is 2.34. The molecule has 0 fully saturated rings. The molecule has 4 nitrogen and oxygen atoms in total. The van der Waals surface area contributed by atoms with Gasteiger partial charge in [0.1, 0.15) is 0 Å². The van der Waals surface area contributed by atoms with Gasteiger partial charge in [0.05, 0.1) is 5.41 Å². The smallest absolute Gasteiger partial charge is 0.310 e. The highest BCUT2D eigenvalue weighted by atomic mass is 16.4. The molecule has 4 heteroatoms. The number of carboxylic acids is 1. The van der Waals surface area contributed by atoms with Crippen molar-refractivity contribution in [1.82, 2.24) is 9.88 Å². The summed E-state index contributed by atoms with van der Waals surface area (Å²) >= 11 is 0. The molecule has 0 bridgehead atoms. The van der Waals surface area contributed by atoms with Crippen molar-refractivity contribution >= 4 is 5.97 Å². The summed E-state index contributed by atoms with van der Waals surface area (Å²) in [4.78, 5) is 11.1. The summed E-state index contributed by atoms with van der Waals surface area (Å²) in [5.74, 6) is -0.152. The number of aromatic nitrogens is 1. The van der Waals surface area contributed by atoms with Gasteiger partial charge in [-0.05, 0) is 38.4 Å². The van der Waals surface area contributed by atoms with Crippen LogP contribution in [0, 0.1) is 11.3 Å². The molecule has 0 unspecified atom stereocenters. The van der Waals surface area contributed by atoms with Gasteiger partial charge >= 0.3 is 5.97 Å². The topological polar surface area (TPSA) is 54.3 Å². The van der Waals surface area contributed by atoms with Crippen LogP contribution in [0.3, 0.4) is 0 Å². The Hall–Kier alpha value is -1.29. The molecule has 0 aromatic carbocycles. The fourth-order valence-electron chi connectivity index (χ4n) is 1.75. The summed E-state index contributed by atoms with van der Waals surface area (Å²) in [6.07, 6.45) is 1.94. The first-order valence-electron chi connectivity index (χ1n) is 6.41. The number of nitrogens with one attached hydrogen (secondary N) is 1. The van der Waals surface area contributed by atoms with Crippen molar-refractivity contribution in [2.24, 2.45) is 11.3 Å². The van der Waals surface area contributed by atoms with E-state index in [9.17, 15) is 4.79 Å². The standard InChI is InChI=1S/C14H24N2O2/c1-11(2)8-15-9-12-6-5-7-16(12)10-14(3,4)13(17)18/h5-7,11,15H,8-10H2,1-4H3,(H,17,18). The second-order valence-corrected chi connectivity index (χ2v) is 5.84. The molecule has 0 amide bonds. The lowest BCUT2D eigenvalue weighted by atomic mass is 9.94. The third kappa shape index (κ3) is 4.18. The van der Waals surface area contributed by atoms with Crippen molar-refractivity contribution < 1.29 is 9.90 Å². The zero-order chi connectivity index (χ0) is 13.8. The minimum absolute atomic E-state index is 0.494. The van der Waals surface area contributed by atoms with Crippen LogP contribution in [0.2, 0.25) is 0 Å². The maximum atomic E-state index is 11.1. The Morgan fingerprint density at radius 2 is 2.17 bits per heavy atom. The van der Waals surface area contributed by atoms with Crippen LogP contribution in [0.15, 0.2) is 18.3 Å². The van der Waals surface area contributed by atoms with Crippen LogP contribution in [0.4, 0.5) is 0 Å². The van der Waals surface area contributed by atoms with Gasteiger partial charge in [0, 0.05) is 25.0 Å². The number of hydrogen-bond donors (Lipinski definition) is 2. The van der Waals surface area contributed by atoms with Gasteiger partial charge in [-0.25, -0.2) is 0 Å². The van der Waals surface area contributed by atoms with Crippen LogP contribution in [0.1, 0.15) is 33.4 Å². The summed E-state index contributed by atoms with van der Waals surface area (Å²) in [5, 5.41) is 12.5. The molecule has 0 saturated carbocycles. The Morgan fingerprint density at radius 1 is 1.50 bits per heavy atom. The fourth-order valence-corrected chi connectivity index (χ4v) is 1.75. The average Bonchev–Trinajstić information content (AvgIpc) is 2.64. The van der Waals surface area contributed by atoms with E-state index in [2.05, 4.69) is 19.2 Å². The maximum Gasteiger partial charge on any atom is 0.310 e. The number of carbonyl (C=O) groups is 1. The maximum absolute atomic E-state index is 11.1. The molecular weight excluding hydrogens is 228 g/mol. The van der Waals surface area contributed by atoms with Gasteiger partial charge in [0.15, 0.2) is 0 Å². The fraction of sp³-hybridized carbons (Fsp3) is 0.643. The van der Waals surface area contributed by atoms with Crippen molar-refractivity contribution in [1.29, 1.82) is 0 Å². The molecule has 1 aromatic rings. The lowest BCUT2D eigenvalue weighted by Crippen LogP contribution is -2.30. The highest BCUT2D eigenvalue weighted by molar-refractivity contribution is 5.73. The third-order valence-electron chi connectivity index (χ3n) is 2.93. The Kier molecular flexibility index (Phi) is 4.96. The number of rotatable bonds is 7. The Morgan fingerprint density at radius 3 is 2.72 bits per heavy atom. The SMILES string of the molecule is CC(C)CNCc1cccn1CC(C)(C)C(=O)O. The highest BCUT2D eigenvalue weighted by Gasteiger charge is 2.27. The molecule has 1 aromatic heterocycles. The Bertz CT molecular complexity index is 394. The van der Waals surface area contributed by atoms with Crippen LogP contribution >= 0.6 is 0 Å². The van der Waals surface area contributed by atoms with Crippen molar-refractivity contribution in [2.75, 3.05) is 6.54 Å². The van der Waals surface area contributed by atoms with E-state index in [0.29, 0.717) is 12.5 Å². The van der Waals surface area contributed by atoms with E-state index in [0.717, 1.165) is 18.8 Å². The van der Waals surface area contributed by atoms with E-state index in [1.165, 1.54) is 0 Å². The van der Waals surface area contributed by atoms with E-state index in [1.54, 1.807) is 13.8 Å². The normalized spacial score (nSPS) is 12.1. The largest absolute Gasteiger partial charge is 0.481 e. The van der Waals surface area contributed by atoms with E-state index in [1.807, 2.05) is 22.9 Å². The number of nitrogens with zero attached hydrogens (tertiary/aromatic N) is 1. The van der Waals surface area contributed by atoms with Crippen LogP contribution in [0.5, 0.6) is 0 Å². The van der Waals surface area contributed by atoms with E-state index in [4.69, 9.17) is 5.11 Å². The molecule has 1 heterocycles. The summed E-state index contributed by atoms with van der Waals surface area (Å²) in [7, 11) is 0. The van der Waals surface area contributed by atoms with Crippen molar-refractivity contribution in [2.45, 2.75) is 40.8 Å². The minimum Gasteiger partial charge on any atom is -0.481 e. The first-order valence-corrected chi connectivity index (χ1v) is 6.41. The molecule has 1 rings (SSSR count). The number of carboxylic acid groups (broad SMARTS) is 1. The molecule has 18 heavy (non-hydrogen) atoms. The summed E-state index contributed by atoms with van der Waals surface area (Å²) < 4.78 is 2.02. The van der Waals surface area contributed by atoms with Crippen molar-refractivity contribution in [3.63, 3.8) is 0 Å². The van der Waals surface area contributed by atoms with Gasteiger partial charge < -0.3 is 15.0 Å². The molecule has 0 atom stereocenters. The summed E-state index contributed by atoms with van der Waals surface area (Å²) in [6.45, 7) is 10.1. The lowest BCUT2D eigenvalue weighted by molar-refractivity contribution is -0.147. The van der Waals surface area contributed by atoms with Gasteiger partial charge in [0.2, 0.25) is 0 Å². The second kappa shape index (κ2) is 6.05. The molecule has 0 aliphatic carbocycles. The van der Waals surface area contributed by atoms with Crippen molar-refractivity contribution in [3.8, 4) is 0 Å². The average molecular weight is 252 g/mol. The monoisotopic (exact) mass is 252 g/mol. The quantitative estimate of drug-likeness (QED) is 0.783. The molecule has 2 N–H and O–H groups in total. The van der Waals surface area contributed by atoms with Crippen LogP contribution in [-0.2, 0) is 17.9 Å². The minimum atomic E-state index is -0.766. The Balaban J connectivity index is 2.62. The first-order chi connectivity index (χ1) is 8.33. The third-order valence-corrected chi connectivity index (χ3v) is 2.93. The predicted molar refractivity (Wildman–Crippen MR) is 72.4 cm³/mol. The second-order valence-electron chi connectivity index (χ2n) is 5.84. The molecular formula is C14H24N2O2. The van der Waals surface area contributed by atoms with Gasteiger partial charge in [0.25, 0.3) is 0 Å². The molecule has 0 aliphatic rings. The van der Waals surface area contributed by atoms with E-state index >= 15 is 0 Å².